The van der Waals surface area contributed by atoms with Gasteiger partial charge in [-0.3, -0.25) is 4.79 Å². The number of methoxy groups -OCH3 is 2. The second kappa shape index (κ2) is 8.10. The van der Waals surface area contributed by atoms with E-state index in [2.05, 4.69) is 0 Å². The van der Waals surface area contributed by atoms with Gasteiger partial charge >= 0.3 is 0 Å². The summed E-state index contributed by atoms with van der Waals surface area (Å²) in [6, 6.07) is 15.4. The normalized spacial score (nSPS) is 15.3. The van der Waals surface area contributed by atoms with E-state index < -0.39 is 17.2 Å². The number of carbonyl (C=O) groups excluding carboxylic acids is 1. The molecule has 1 atom stereocenters. The van der Waals surface area contributed by atoms with Crippen LogP contribution in [-0.4, -0.2) is 40.3 Å². The summed E-state index contributed by atoms with van der Waals surface area (Å²) in [6.07, 6.45) is 0.536. The van der Waals surface area contributed by atoms with Crippen LogP contribution in [0.5, 0.6) is 28.7 Å². The summed E-state index contributed by atoms with van der Waals surface area (Å²) in [7, 11) is 3.17. The van der Waals surface area contributed by atoms with E-state index in [-0.39, 0.29) is 24.1 Å². The molecule has 1 unspecified atom stereocenters. The zero-order chi connectivity index (χ0) is 22.1. The summed E-state index contributed by atoms with van der Waals surface area (Å²) >= 11 is 0. The minimum Gasteiger partial charge on any atom is -0.504 e. The Morgan fingerprint density at radius 2 is 1.65 bits per heavy atom. The molecule has 1 aliphatic rings. The Balaban J connectivity index is 1.82. The first-order valence-electron chi connectivity index (χ1n) is 9.77. The lowest BCUT2D eigenvalue weighted by atomic mass is 9.88. The van der Waals surface area contributed by atoms with E-state index in [1.54, 1.807) is 25.2 Å². The van der Waals surface area contributed by atoms with Crippen molar-refractivity contribution >= 4 is 5.91 Å². The van der Waals surface area contributed by atoms with Crippen molar-refractivity contribution < 1.29 is 29.6 Å². The van der Waals surface area contributed by atoms with Crippen molar-refractivity contribution in [2.45, 2.75) is 19.0 Å². The highest BCUT2D eigenvalue weighted by Crippen LogP contribution is 2.41. The molecule has 3 N–H and O–H groups in total. The summed E-state index contributed by atoms with van der Waals surface area (Å²) < 4.78 is 11.0. The number of phenolic OH excluding ortho intramolecular Hbond substituents is 3. The van der Waals surface area contributed by atoms with E-state index in [0.717, 1.165) is 28.8 Å². The first-order chi connectivity index (χ1) is 14.9. The molecule has 0 bridgehead atoms. The summed E-state index contributed by atoms with van der Waals surface area (Å²) in [5, 5.41) is 29.4. The van der Waals surface area contributed by atoms with Gasteiger partial charge in [0.05, 0.1) is 26.8 Å². The molecule has 0 spiro atoms. The van der Waals surface area contributed by atoms with Gasteiger partial charge in [-0.25, -0.2) is 0 Å². The van der Waals surface area contributed by atoms with Gasteiger partial charge in [-0.1, -0.05) is 30.3 Å². The van der Waals surface area contributed by atoms with Crippen LogP contribution in [0.1, 0.15) is 33.1 Å². The van der Waals surface area contributed by atoms with E-state index in [1.807, 2.05) is 36.4 Å². The van der Waals surface area contributed by atoms with E-state index >= 15 is 0 Å². The largest absolute Gasteiger partial charge is 0.504 e. The topological polar surface area (TPSA) is 99.5 Å². The second-order valence-electron chi connectivity index (χ2n) is 7.39. The molecule has 7 heteroatoms. The molecule has 4 rings (SSSR count). The molecule has 0 aliphatic carbocycles. The van der Waals surface area contributed by atoms with Crippen molar-refractivity contribution in [1.29, 1.82) is 0 Å². The van der Waals surface area contributed by atoms with Crippen LogP contribution >= 0.6 is 0 Å². The fourth-order valence-corrected chi connectivity index (χ4v) is 4.02. The monoisotopic (exact) mass is 421 g/mol. The Labute approximate surface area is 179 Å². The Morgan fingerprint density at radius 3 is 2.26 bits per heavy atom. The minimum absolute atomic E-state index is 0.0738. The van der Waals surface area contributed by atoms with E-state index in [1.165, 1.54) is 0 Å². The fourth-order valence-electron chi connectivity index (χ4n) is 4.02. The Bertz CT molecular complexity index is 1110. The van der Waals surface area contributed by atoms with Crippen molar-refractivity contribution in [2.75, 3.05) is 14.2 Å². The van der Waals surface area contributed by atoms with Gasteiger partial charge in [-0.2, -0.15) is 0 Å². The third-order valence-electron chi connectivity index (χ3n) is 5.61. The van der Waals surface area contributed by atoms with Crippen molar-refractivity contribution in [1.82, 2.24) is 4.90 Å². The summed E-state index contributed by atoms with van der Waals surface area (Å²) in [5.41, 5.74) is 2.92. The molecule has 0 radical (unpaired) electrons. The lowest BCUT2D eigenvalue weighted by Gasteiger charge is -2.38. The van der Waals surface area contributed by atoms with Gasteiger partial charge in [0.1, 0.15) is 11.5 Å². The molecule has 1 aliphatic heterocycles. The number of fused-ring (bicyclic) bond motifs is 1. The maximum atomic E-state index is 13.5. The third kappa shape index (κ3) is 3.70. The average Bonchev–Trinajstić information content (AvgIpc) is 2.80. The number of phenols is 3. The summed E-state index contributed by atoms with van der Waals surface area (Å²) in [4.78, 5) is 15.2. The Morgan fingerprint density at radius 1 is 0.968 bits per heavy atom. The lowest BCUT2D eigenvalue weighted by Crippen LogP contribution is -2.39. The van der Waals surface area contributed by atoms with Crippen LogP contribution < -0.4 is 9.47 Å². The number of nitrogens with zero attached hydrogens (tertiary/aromatic N) is 1. The molecule has 160 valence electrons. The van der Waals surface area contributed by atoms with Gasteiger partial charge in [0.25, 0.3) is 5.91 Å². The number of aromatic hydroxyl groups is 3. The fraction of sp³-hybridized carbons (Fsp3) is 0.208. The molecule has 3 aromatic carbocycles. The van der Waals surface area contributed by atoms with Crippen LogP contribution in [0, 0.1) is 0 Å². The van der Waals surface area contributed by atoms with Crippen molar-refractivity contribution in [2.24, 2.45) is 0 Å². The van der Waals surface area contributed by atoms with Gasteiger partial charge in [0.15, 0.2) is 17.2 Å². The number of hydrogen-bond donors (Lipinski definition) is 3. The van der Waals surface area contributed by atoms with E-state index in [0.29, 0.717) is 17.9 Å². The molecule has 1 heterocycles. The number of benzene rings is 3. The zero-order valence-electron chi connectivity index (χ0n) is 17.2. The summed E-state index contributed by atoms with van der Waals surface area (Å²) in [5.74, 6) is -0.860. The highest BCUT2D eigenvalue weighted by atomic mass is 16.5. The van der Waals surface area contributed by atoms with Crippen LogP contribution in [0.25, 0.3) is 0 Å². The lowest BCUT2D eigenvalue weighted by molar-refractivity contribution is 0.0634. The number of rotatable bonds is 4. The molecule has 0 fully saturated rings. The molecule has 31 heavy (non-hydrogen) atoms. The molecule has 0 aromatic heterocycles. The number of amides is 1. The SMILES string of the molecule is COc1cc2c(c(OC)c1)CN(C(=O)c1cc(O)c(O)c(O)c1)C(c1ccccc1)C2. The first kappa shape index (κ1) is 20.4. The molecular weight excluding hydrogens is 398 g/mol. The number of carbonyl (C=O) groups is 1. The smallest absolute Gasteiger partial charge is 0.254 e. The van der Waals surface area contributed by atoms with Crippen molar-refractivity contribution in [3.8, 4) is 28.7 Å². The Hall–Kier alpha value is -3.87. The number of ether oxygens (including phenoxy) is 2. The zero-order valence-corrected chi connectivity index (χ0v) is 17.2. The predicted octanol–water partition coefficient (Wildman–Crippen LogP) is 3.76. The van der Waals surface area contributed by atoms with Crippen LogP contribution in [-0.2, 0) is 13.0 Å². The van der Waals surface area contributed by atoms with E-state index in [4.69, 9.17) is 9.47 Å². The van der Waals surface area contributed by atoms with E-state index in [9.17, 15) is 20.1 Å². The van der Waals surface area contributed by atoms with Crippen molar-refractivity contribution in [3.05, 3.63) is 76.9 Å². The molecule has 0 saturated carbocycles. The Kier molecular flexibility index (Phi) is 5.33. The molecule has 3 aromatic rings. The summed E-state index contributed by atoms with van der Waals surface area (Å²) in [6.45, 7) is 0.267. The minimum atomic E-state index is -0.658. The maximum Gasteiger partial charge on any atom is 0.254 e. The first-order valence-corrected chi connectivity index (χ1v) is 9.77. The van der Waals surface area contributed by atoms with Crippen LogP contribution in [0.15, 0.2) is 54.6 Å². The van der Waals surface area contributed by atoms with Gasteiger partial charge in [-0.05, 0) is 35.7 Å². The van der Waals surface area contributed by atoms with Crippen LogP contribution in [0.3, 0.4) is 0 Å². The quantitative estimate of drug-likeness (QED) is 0.555. The predicted molar refractivity (Wildman–Crippen MR) is 114 cm³/mol. The van der Waals surface area contributed by atoms with Gasteiger partial charge in [-0.15, -0.1) is 0 Å². The highest BCUT2D eigenvalue weighted by molar-refractivity contribution is 5.96. The van der Waals surface area contributed by atoms with Gasteiger partial charge in [0, 0.05) is 17.2 Å². The van der Waals surface area contributed by atoms with Crippen LogP contribution in [0.4, 0.5) is 0 Å². The maximum absolute atomic E-state index is 13.5. The standard InChI is InChI=1S/C24H23NO6/c1-30-17-8-15-9-19(14-6-4-3-5-7-14)25(13-18(15)22(12-17)31-2)24(29)16-10-20(26)23(28)21(27)11-16/h3-8,10-12,19,26-28H,9,13H2,1-2H3. The molecular formula is C24H23NO6. The van der Waals surface area contributed by atoms with Gasteiger partial charge in [0.2, 0.25) is 0 Å². The van der Waals surface area contributed by atoms with Crippen molar-refractivity contribution in [3.63, 3.8) is 0 Å². The second-order valence-corrected chi connectivity index (χ2v) is 7.39. The number of hydrogen-bond acceptors (Lipinski definition) is 6. The van der Waals surface area contributed by atoms with Gasteiger partial charge < -0.3 is 29.7 Å². The molecule has 7 nitrogen and oxygen atoms in total. The third-order valence-corrected chi connectivity index (χ3v) is 5.61. The molecule has 0 saturated heterocycles. The highest BCUT2D eigenvalue weighted by Gasteiger charge is 2.34. The molecule has 1 amide bonds. The average molecular weight is 421 g/mol. The van der Waals surface area contributed by atoms with Crippen LogP contribution in [0.2, 0.25) is 0 Å².